The first-order valence-corrected chi connectivity index (χ1v) is 6.10. The predicted octanol–water partition coefficient (Wildman–Crippen LogP) is 1.74. The van der Waals surface area contributed by atoms with Gasteiger partial charge in [0.05, 0.1) is 16.8 Å². The lowest BCUT2D eigenvalue weighted by Gasteiger charge is -2.01. The van der Waals surface area contributed by atoms with Gasteiger partial charge in [0.15, 0.2) is 5.16 Å². The topological polar surface area (TPSA) is 64.0 Å². The molecule has 0 saturated carbocycles. The summed E-state index contributed by atoms with van der Waals surface area (Å²) in [7, 11) is 0. The molecule has 1 aromatic heterocycles. The predicted molar refractivity (Wildman–Crippen MR) is 65.4 cm³/mol. The van der Waals surface area contributed by atoms with Crippen LogP contribution in [0.5, 0.6) is 0 Å². The van der Waals surface area contributed by atoms with Gasteiger partial charge >= 0.3 is 0 Å². The maximum absolute atomic E-state index is 11.6. The van der Waals surface area contributed by atoms with Crippen molar-refractivity contribution in [1.29, 1.82) is 0 Å². The molecule has 0 bridgehead atoms. The first-order chi connectivity index (χ1) is 8.15. The second-order valence-corrected chi connectivity index (χ2v) is 4.74. The highest BCUT2D eigenvalue weighted by atomic mass is 32.2. The molecule has 3 rings (SSSR count). The van der Waals surface area contributed by atoms with Crippen LogP contribution in [0, 0.1) is 0 Å². The molecule has 1 aliphatic heterocycles. The summed E-state index contributed by atoms with van der Waals surface area (Å²) in [5.74, 6) is 0.382. The molecule has 1 N–H and O–H groups in total. The van der Waals surface area contributed by atoms with Crippen molar-refractivity contribution >= 4 is 40.3 Å². The van der Waals surface area contributed by atoms with Crippen LogP contribution in [-0.2, 0) is 4.79 Å². The Morgan fingerprint density at radius 3 is 3.12 bits per heavy atom. The van der Waals surface area contributed by atoms with Gasteiger partial charge in [0.1, 0.15) is 0 Å². The molecule has 1 aromatic carbocycles. The normalized spacial score (nSPS) is 14.1. The van der Waals surface area contributed by atoms with E-state index in [1.54, 1.807) is 22.8 Å². The number of hydrogen-bond acceptors (Lipinski definition) is 4. The van der Waals surface area contributed by atoms with Crippen LogP contribution in [0.25, 0.3) is 11.0 Å². The van der Waals surface area contributed by atoms with Gasteiger partial charge in [-0.25, -0.2) is 4.98 Å². The van der Waals surface area contributed by atoms with Gasteiger partial charge in [0, 0.05) is 12.6 Å². The van der Waals surface area contributed by atoms with Gasteiger partial charge in [-0.05, 0) is 18.2 Å². The summed E-state index contributed by atoms with van der Waals surface area (Å²) in [5.41, 5.74) is 2.22. The molecular weight excluding hydrogens is 238 g/mol. The maximum atomic E-state index is 11.6. The number of nitrogens with zero attached hydrogens (tertiary/aromatic N) is 2. The molecular formula is C11H9N3O2S. The molecule has 0 unspecified atom stereocenters. The SMILES string of the molecule is CC(=O)Nc1ccc2c(c1)nc1n2C(=O)CS1. The quantitative estimate of drug-likeness (QED) is 0.833. The van der Waals surface area contributed by atoms with Gasteiger partial charge in [-0.15, -0.1) is 0 Å². The van der Waals surface area contributed by atoms with Crippen LogP contribution in [0.1, 0.15) is 11.7 Å². The third kappa shape index (κ3) is 1.61. The number of aromatic nitrogens is 2. The van der Waals surface area contributed by atoms with E-state index in [0.717, 1.165) is 16.2 Å². The summed E-state index contributed by atoms with van der Waals surface area (Å²) in [4.78, 5) is 26.9. The zero-order valence-electron chi connectivity index (χ0n) is 9.06. The average Bonchev–Trinajstić information content (AvgIpc) is 2.77. The Bertz CT molecular complexity index is 647. The van der Waals surface area contributed by atoms with Crippen LogP contribution >= 0.6 is 11.8 Å². The monoisotopic (exact) mass is 247 g/mol. The van der Waals surface area contributed by atoms with Crippen LogP contribution < -0.4 is 5.32 Å². The molecule has 2 aromatic rings. The molecule has 0 fully saturated rings. The summed E-state index contributed by atoms with van der Waals surface area (Å²) in [6.07, 6.45) is 0. The number of nitrogens with one attached hydrogen (secondary N) is 1. The lowest BCUT2D eigenvalue weighted by molar-refractivity contribution is -0.114. The Morgan fingerprint density at radius 2 is 2.35 bits per heavy atom. The third-order valence-electron chi connectivity index (χ3n) is 2.52. The Kier molecular flexibility index (Phi) is 2.19. The van der Waals surface area contributed by atoms with E-state index in [0.29, 0.717) is 11.4 Å². The first kappa shape index (κ1) is 10.3. The fourth-order valence-corrected chi connectivity index (χ4v) is 2.74. The highest BCUT2D eigenvalue weighted by molar-refractivity contribution is 8.00. The molecule has 0 atom stereocenters. The number of rotatable bonds is 1. The fourth-order valence-electron chi connectivity index (χ4n) is 1.87. The van der Waals surface area contributed by atoms with E-state index < -0.39 is 0 Å². The lowest BCUT2D eigenvalue weighted by Crippen LogP contribution is -2.07. The van der Waals surface area contributed by atoms with Crippen molar-refractivity contribution in [3.63, 3.8) is 0 Å². The average molecular weight is 247 g/mol. The Labute approximate surface area is 101 Å². The highest BCUT2D eigenvalue weighted by Crippen LogP contribution is 2.30. The van der Waals surface area contributed by atoms with E-state index in [9.17, 15) is 9.59 Å². The smallest absolute Gasteiger partial charge is 0.243 e. The molecule has 0 spiro atoms. The summed E-state index contributed by atoms with van der Waals surface area (Å²) in [6, 6.07) is 5.35. The fraction of sp³-hybridized carbons (Fsp3) is 0.182. The summed E-state index contributed by atoms with van der Waals surface area (Å²) >= 11 is 1.44. The maximum Gasteiger partial charge on any atom is 0.243 e. The number of carbonyl (C=O) groups is 2. The van der Waals surface area contributed by atoms with Crippen molar-refractivity contribution in [2.75, 3.05) is 11.1 Å². The molecule has 5 nitrogen and oxygen atoms in total. The zero-order chi connectivity index (χ0) is 12.0. The van der Waals surface area contributed by atoms with Crippen LogP contribution in [0.15, 0.2) is 23.4 Å². The lowest BCUT2D eigenvalue weighted by atomic mass is 10.2. The van der Waals surface area contributed by atoms with Gasteiger partial charge in [-0.2, -0.15) is 0 Å². The van der Waals surface area contributed by atoms with Crippen molar-refractivity contribution in [3.8, 4) is 0 Å². The van der Waals surface area contributed by atoms with E-state index in [2.05, 4.69) is 10.3 Å². The second-order valence-electron chi connectivity index (χ2n) is 3.80. The van der Waals surface area contributed by atoms with E-state index in [1.807, 2.05) is 0 Å². The van der Waals surface area contributed by atoms with E-state index in [1.165, 1.54) is 18.7 Å². The standard InChI is InChI=1S/C11H9N3O2S/c1-6(15)12-7-2-3-9-8(4-7)13-11-14(9)10(16)5-17-11/h2-4H,5H2,1H3,(H,12,15). The number of fused-ring (bicyclic) bond motifs is 3. The number of carbonyl (C=O) groups excluding carboxylic acids is 2. The zero-order valence-corrected chi connectivity index (χ0v) is 9.87. The van der Waals surface area contributed by atoms with Gasteiger partial charge in [0.2, 0.25) is 11.8 Å². The van der Waals surface area contributed by atoms with Gasteiger partial charge < -0.3 is 5.32 Å². The largest absolute Gasteiger partial charge is 0.326 e. The Hall–Kier alpha value is -1.82. The number of thioether (sulfide) groups is 1. The third-order valence-corrected chi connectivity index (χ3v) is 3.44. The van der Waals surface area contributed by atoms with E-state index in [4.69, 9.17) is 0 Å². The van der Waals surface area contributed by atoms with Crippen molar-refractivity contribution in [2.24, 2.45) is 0 Å². The minimum absolute atomic E-state index is 0.0553. The van der Waals surface area contributed by atoms with Crippen molar-refractivity contribution in [1.82, 2.24) is 9.55 Å². The molecule has 17 heavy (non-hydrogen) atoms. The van der Waals surface area contributed by atoms with Crippen LogP contribution in [0.4, 0.5) is 5.69 Å². The number of imidazole rings is 1. The molecule has 6 heteroatoms. The highest BCUT2D eigenvalue weighted by Gasteiger charge is 2.24. The molecule has 0 saturated heterocycles. The molecule has 0 radical (unpaired) electrons. The van der Waals surface area contributed by atoms with Crippen molar-refractivity contribution in [3.05, 3.63) is 18.2 Å². The van der Waals surface area contributed by atoms with E-state index in [-0.39, 0.29) is 11.8 Å². The van der Waals surface area contributed by atoms with Gasteiger partial charge in [-0.3, -0.25) is 14.2 Å². The minimum atomic E-state index is -0.124. The van der Waals surface area contributed by atoms with Crippen molar-refractivity contribution in [2.45, 2.75) is 12.1 Å². The number of benzene rings is 1. The summed E-state index contributed by atoms with van der Waals surface area (Å²) in [6.45, 7) is 1.46. The van der Waals surface area contributed by atoms with Crippen LogP contribution in [0.2, 0.25) is 0 Å². The van der Waals surface area contributed by atoms with Crippen LogP contribution in [0.3, 0.4) is 0 Å². The molecule has 0 aliphatic carbocycles. The first-order valence-electron chi connectivity index (χ1n) is 5.11. The van der Waals surface area contributed by atoms with Gasteiger partial charge in [0.25, 0.3) is 0 Å². The Balaban J connectivity index is 2.14. The number of anilines is 1. The van der Waals surface area contributed by atoms with Crippen LogP contribution in [-0.4, -0.2) is 27.1 Å². The minimum Gasteiger partial charge on any atom is -0.326 e. The second kappa shape index (κ2) is 3.59. The Morgan fingerprint density at radius 1 is 1.53 bits per heavy atom. The number of hydrogen-bond donors (Lipinski definition) is 1. The molecule has 86 valence electrons. The van der Waals surface area contributed by atoms with Crippen molar-refractivity contribution < 1.29 is 9.59 Å². The van der Waals surface area contributed by atoms with E-state index >= 15 is 0 Å². The summed E-state index contributed by atoms with van der Waals surface area (Å²) in [5, 5.41) is 3.42. The van der Waals surface area contributed by atoms with Gasteiger partial charge in [-0.1, -0.05) is 11.8 Å². The summed E-state index contributed by atoms with van der Waals surface area (Å²) < 4.78 is 1.62. The molecule has 1 amide bonds. The molecule has 1 aliphatic rings. The molecule has 2 heterocycles. The number of amides is 1.